The molecule has 82 valence electrons. The number of carboxylic acid groups (broad SMARTS) is 2. The lowest BCUT2D eigenvalue weighted by Crippen LogP contribution is -2.35. The third kappa shape index (κ3) is 2.69. The van der Waals surface area contributed by atoms with Crippen LogP contribution in [-0.2, 0) is 14.4 Å². The van der Waals surface area contributed by atoms with Crippen molar-refractivity contribution >= 4 is 34.8 Å². The molecule has 1 rings (SSSR count). The molecule has 0 radical (unpaired) electrons. The van der Waals surface area contributed by atoms with E-state index in [1.807, 2.05) is 5.32 Å². The zero-order chi connectivity index (χ0) is 11.6. The van der Waals surface area contributed by atoms with Gasteiger partial charge in [-0.1, -0.05) is 11.8 Å². The summed E-state index contributed by atoms with van der Waals surface area (Å²) in [6.07, 6.45) is -0.687. The van der Waals surface area contributed by atoms with Crippen LogP contribution in [0.5, 0.6) is 0 Å². The fourth-order valence-corrected chi connectivity index (χ4v) is 2.08. The second-order valence-corrected chi connectivity index (χ2v) is 3.97. The van der Waals surface area contributed by atoms with E-state index in [2.05, 4.69) is 0 Å². The maximum absolute atomic E-state index is 11.1. The summed E-state index contributed by atoms with van der Waals surface area (Å²) in [5.41, 5.74) is 0. The molecule has 3 N–H and O–H groups in total. The van der Waals surface area contributed by atoms with E-state index >= 15 is 0 Å². The summed E-state index contributed by atoms with van der Waals surface area (Å²) in [5.74, 6) is -4.87. The first kappa shape index (κ1) is 11.5. The Morgan fingerprint density at radius 1 is 1.40 bits per heavy atom. The molecule has 1 heterocycles. The Morgan fingerprint density at radius 3 is 2.33 bits per heavy atom. The van der Waals surface area contributed by atoms with Crippen LogP contribution >= 0.6 is 11.8 Å². The lowest BCUT2D eigenvalue weighted by atomic mass is 10.0. The summed E-state index contributed by atoms with van der Waals surface area (Å²) in [6, 6.07) is 0. The van der Waals surface area contributed by atoms with Gasteiger partial charge in [-0.25, -0.2) is 0 Å². The second-order valence-electron chi connectivity index (χ2n) is 2.86. The fourth-order valence-electron chi connectivity index (χ4n) is 1.15. The van der Waals surface area contributed by atoms with Gasteiger partial charge >= 0.3 is 11.9 Å². The average molecular weight is 233 g/mol. The van der Waals surface area contributed by atoms with Gasteiger partial charge in [0.1, 0.15) is 5.25 Å². The van der Waals surface area contributed by atoms with E-state index in [1.165, 1.54) is 0 Å². The molecule has 0 aliphatic carbocycles. The number of carbonyl (C=O) groups is 4. The van der Waals surface area contributed by atoms with E-state index in [1.54, 1.807) is 0 Å². The highest BCUT2D eigenvalue weighted by Gasteiger charge is 2.42. The van der Waals surface area contributed by atoms with E-state index in [-0.39, 0.29) is 0 Å². The molecule has 0 bridgehead atoms. The van der Waals surface area contributed by atoms with Crippen LogP contribution in [0.1, 0.15) is 6.42 Å². The van der Waals surface area contributed by atoms with Crippen LogP contribution in [0.4, 0.5) is 4.79 Å². The van der Waals surface area contributed by atoms with Crippen molar-refractivity contribution in [3.8, 4) is 0 Å². The van der Waals surface area contributed by atoms with Crippen molar-refractivity contribution in [2.45, 2.75) is 11.7 Å². The number of hydrogen-bond donors (Lipinski definition) is 3. The Bertz CT molecular complexity index is 340. The lowest BCUT2D eigenvalue weighted by molar-refractivity contribution is -0.149. The minimum atomic E-state index is -1.40. The monoisotopic (exact) mass is 233 g/mol. The maximum Gasteiger partial charge on any atom is 0.308 e. The van der Waals surface area contributed by atoms with Crippen molar-refractivity contribution in [2.24, 2.45) is 5.92 Å². The number of amides is 2. The third-order valence-corrected chi connectivity index (χ3v) is 2.91. The molecule has 0 spiro atoms. The molecule has 2 atom stereocenters. The molecule has 15 heavy (non-hydrogen) atoms. The number of carbonyl (C=O) groups excluding carboxylic acids is 2. The Labute approximate surface area is 87.8 Å². The van der Waals surface area contributed by atoms with E-state index in [0.717, 1.165) is 0 Å². The molecular formula is C7H7NO6S. The molecule has 7 nitrogen and oxygen atoms in total. The highest BCUT2D eigenvalue weighted by molar-refractivity contribution is 8.15. The SMILES string of the molecule is O=C(O)C[C@@H](C(=O)O)[C@@H]1SC(=O)NC1=O. The van der Waals surface area contributed by atoms with Gasteiger partial charge in [0, 0.05) is 0 Å². The van der Waals surface area contributed by atoms with Crippen LogP contribution in [0.25, 0.3) is 0 Å². The molecule has 1 aliphatic heterocycles. The molecular weight excluding hydrogens is 226 g/mol. The maximum atomic E-state index is 11.1. The molecule has 1 aliphatic rings. The highest BCUT2D eigenvalue weighted by Crippen LogP contribution is 2.28. The molecule has 8 heteroatoms. The van der Waals surface area contributed by atoms with Crippen LogP contribution in [0.3, 0.4) is 0 Å². The molecule has 0 aromatic rings. The summed E-state index contributed by atoms with van der Waals surface area (Å²) in [4.78, 5) is 42.9. The van der Waals surface area contributed by atoms with Gasteiger partial charge in [-0.2, -0.15) is 0 Å². The number of hydrogen-bond acceptors (Lipinski definition) is 5. The van der Waals surface area contributed by atoms with Crippen molar-refractivity contribution < 1.29 is 29.4 Å². The fraction of sp³-hybridized carbons (Fsp3) is 0.429. The van der Waals surface area contributed by atoms with Gasteiger partial charge in [-0.05, 0) is 0 Å². The first-order valence-electron chi connectivity index (χ1n) is 3.88. The Kier molecular flexibility index (Phi) is 3.30. The van der Waals surface area contributed by atoms with Gasteiger partial charge in [0.25, 0.3) is 5.24 Å². The van der Waals surface area contributed by atoms with Gasteiger partial charge in [-0.3, -0.25) is 24.5 Å². The molecule has 1 saturated heterocycles. The number of thioether (sulfide) groups is 1. The number of nitrogens with one attached hydrogen (secondary N) is 1. The predicted molar refractivity (Wildman–Crippen MR) is 48.3 cm³/mol. The Hall–Kier alpha value is -1.57. The normalized spacial score (nSPS) is 22.3. The van der Waals surface area contributed by atoms with Crippen LogP contribution in [0.2, 0.25) is 0 Å². The average Bonchev–Trinajstić information content (AvgIpc) is 2.40. The van der Waals surface area contributed by atoms with Crippen molar-refractivity contribution in [3.05, 3.63) is 0 Å². The molecule has 0 unspecified atom stereocenters. The summed E-state index contributed by atoms with van der Waals surface area (Å²) in [7, 11) is 0. The van der Waals surface area contributed by atoms with E-state index < -0.39 is 40.7 Å². The van der Waals surface area contributed by atoms with Gasteiger partial charge < -0.3 is 10.2 Å². The Morgan fingerprint density at radius 2 is 2.00 bits per heavy atom. The smallest absolute Gasteiger partial charge is 0.308 e. The predicted octanol–water partition coefficient (Wildman–Crippen LogP) is -0.486. The van der Waals surface area contributed by atoms with Crippen LogP contribution < -0.4 is 5.32 Å². The quantitative estimate of drug-likeness (QED) is 0.599. The number of carboxylic acids is 2. The summed E-state index contributed by atoms with van der Waals surface area (Å²) in [6.45, 7) is 0. The Balaban J connectivity index is 2.80. The molecule has 0 aromatic heterocycles. The van der Waals surface area contributed by atoms with Crippen LogP contribution in [0.15, 0.2) is 0 Å². The molecule has 2 amide bonds. The van der Waals surface area contributed by atoms with E-state index in [9.17, 15) is 19.2 Å². The summed E-state index contributed by atoms with van der Waals surface area (Å²) >= 11 is 0.508. The molecule has 0 aromatic carbocycles. The highest BCUT2D eigenvalue weighted by atomic mass is 32.2. The molecule has 1 fully saturated rings. The van der Waals surface area contributed by atoms with Gasteiger partial charge in [-0.15, -0.1) is 0 Å². The zero-order valence-corrected chi connectivity index (χ0v) is 8.11. The summed E-state index contributed by atoms with van der Waals surface area (Å²) < 4.78 is 0. The second kappa shape index (κ2) is 4.30. The molecule has 0 saturated carbocycles. The van der Waals surface area contributed by atoms with Crippen molar-refractivity contribution in [2.75, 3.05) is 0 Å². The van der Waals surface area contributed by atoms with Gasteiger partial charge in [0.15, 0.2) is 0 Å². The first-order chi connectivity index (χ1) is 6.91. The first-order valence-corrected chi connectivity index (χ1v) is 4.76. The lowest BCUT2D eigenvalue weighted by Gasteiger charge is -2.12. The third-order valence-electron chi connectivity index (χ3n) is 1.79. The topological polar surface area (TPSA) is 121 Å². The van der Waals surface area contributed by atoms with Crippen LogP contribution in [0, 0.1) is 5.92 Å². The summed E-state index contributed by atoms with van der Waals surface area (Å²) in [5, 5.41) is 17.3. The zero-order valence-electron chi connectivity index (χ0n) is 7.30. The number of imide groups is 1. The van der Waals surface area contributed by atoms with Crippen molar-refractivity contribution in [3.63, 3.8) is 0 Å². The van der Waals surface area contributed by atoms with Gasteiger partial charge in [0.2, 0.25) is 5.91 Å². The van der Waals surface area contributed by atoms with Crippen LogP contribution in [-0.4, -0.2) is 38.5 Å². The minimum Gasteiger partial charge on any atom is -0.481 e. The largest absolute Gasteiger partial charge is 0.481 e. The van der Waals surface area contributed by atoms with Crippen molar-refractivity contribution in [1.82, 2.24) is 5.32 Å². The van der Waals surface area contributed by atoms with E-state index in [4.69, 9.17) is 10.2 Å². The van der Waals surface area contributed by atoms with Gasteiger partial charge in [0.05, 0.1) is 12.3 Å². The van der Waals surface area contributed by atoms with E-state index in [0.29, 0.717) is 11.8 Å². The van der Waals surface area contributed by atoms with Crippen molar-refractivity contribution in [1.29, 1.82) is 0 Å². The number of aliphatic carboxylic acids is 2. The minimum absolute atomic E-state index is 0.508. The standard InChI is InChI=1S/C7H7NO6S/c9-3(10)1-2(6(12)13)4-5(11)8-7(14)15-4/h2,4H,1H2,(H,9,10)(H,12,13)(H,8,11,14)/t2-,4+/m1/s1. The number of rotatable bonds is 4.